The van der Waals surface area contributed by atoms with Gasteiger partial charge in [0.25, 0.3) is 0 Å². The van der Waals surface area contributed by atoms with Crippen LogP contribution in [0, 0.1) is 6.92 Å². The van der Waals surface area contributed by atoms with Crippen molar-refractivity contribution in [2.75, 3.05) is 0 Å². The first-order chi connectivity index (χ1) is 10.3. The van der Waals surface area contributed by atoms with Crippen LogP contribution in [0.5, 0.6) is 0 Å². The highest BCUT2D eigenvalue weighted by Gasteiger charge is 2.06. The predicted octanol–water partition coefficient (Wildman–Crippen LogP) is 5.45. The lowest BCUT2D eigenvalue weighted by Crippen LogP contribution is -1.96. The van der Waals surface area contributed by atoms with Crippen molar-refractivity contribution in [3.8, 4) is 11.1 Å². The van der Waals surface area contributed by atoms with Gasteiger partial charge in [-0.15, -0.1) is 0 Å². The van der Waals surface area contributed by atoms with Crippen LogP contribution in [-0.2, 0) is 12.8 Å². The number of rotatable bonds is 4. The Balaban J connectivity index is 1.84. The van der Waals surface area contributed by atoms with Crippen molar-refractivity contribution >= 4 is 0 Å². The summed E-state index contributed by atoms with van der Waals surface area (Å²) in [6.07, 6.45) is 2.19. The van der Waals surface area contributed by atoms with Gasteiger partial charge in [-0.25, -0.2) is 0 Å². The van der Waals surface area contributed by atoms with E-state index in [1.807, 2.05) is 0 Å². The van der Waals surface area contributed by atoms with E-state index >= 15 is 0 Å². The molecule has 0 spiro atoms. The molecule has 0 radical (unpaired) electrons. The Morgan fingerprint density at radius 2 is 1.29 bits per heavy atom. The van der Waals surface area contributed by atoms with E-state index in [4.69, 9.17) is 0 Å². The average Bonchev–Trinajstić information content (AvgIpc) is 2.56. The molecule has 3 aromatic carbocycles. The van der Waals surface area contributed by atoms with Gasteiger partial charge < -0.3 is 0 Å². The molecule has 0 N–H and O–H groups in total. The molecule has 0 unspecified atom stereocenters. The molecular weight excluding hydrogens is 252 g/mol. The lowest BCUT2D eigenvalue weighted by atomic mass is 9.93. The smallest absolute Gasteiger partial charge is 0.0152 e. The fourth-order valence-electron chi connectivity index (χ4n) is 2.81. The van der Waals surface area contributed by atoms with Gasteiger partial charge in [0.1, 0.15) is 0 Å². The largest absolute Gasteiger partial charge is 0.0622 e. The highest BCUT2D eigenvalue weighted by atomic mass is 14.1. The summed E-state index contributed by atoms with van der Waals surface area (Å²) < 4.78 is 0. The Kier molecular flexibility index (Phi) is 4.16. The average molecular weight is 272 g/mol. The zero-order valence-corrected chi connectivity index (χ0v) is 12.4. The molecule has 0 saturated heterocycles. The summed E-state index contributed by atoms with van der Waals surface area (Å²) in [7, 11) is 0. The molecule has 3 aromatic rings. The van der Waals surface area contributed by atoms with Gasteiger partial charge in [0.2, 0.25) is 0 Å². The topological polar surface area (TPSA) is 0 Å². The molecule has 3 rings (SSSR count). The predicted molar refractivity (Wildman–Crippen MR) is 90.5 cm³/mol. The van der Waals surface area contributed by atoms with Gasteiger partial charge in [-0.1, -0.05) is 78.9 Å². The molecule has 0 bridgehead atoms. The van der Waals surface area contributed by atoms with Crippen LogP contribution in [0.1, 0.15) is 16.7 Å². The molecular formula is C21H20. The Bertz CT molecular complexity index is 697. The molecule has 0 aliphatic carbocycles. The van der Waals surface area contributed by atoms with Crippen molar-refractivity contribution in [2.45, 2.75) is 19.8 Å². The Morgan fingerprint density at radius 1 is 0.619 bits per heavy atom. The summed E-state index contributed by atoms with van der Waals surface area (Å²) in [6.45, 7) is 2.24. The molecule has 104 valence electrons. The van der Waals surface area contributed by atoms with E-state index in [1.54, 1.807) is 0 Å². The normalized spacial score (nSPS) is 10.5. The zero-order valence-electron chi connectivity index (χ0n) is 12.4. The molecule has 0 fully saturated rings. The lowest BCUT2D eigenvalue weighted by molar-refractivity contribution is 0.950. The molecule has 0 heterocycles. The molecule has 0 aliphatic heterocycles. The molecule has 0 atom stereocenters. The van der Waals surface area contributed by atoms with E-state index < -0.39 is 0 Å². The minimum Gasteiger partial charge on any atom is -0.0622 e. The molecule has 21 heavy (non-hydrogen) atoms. The SMILES string of the molecule is Cc1c(CCc2ccccc2)cccc1-c1ccccc1. The maximum Gasteiger partial charge on any atom is -0.0152 e. The van der Waals surface area contributed by atoms with E-state index in [2.05, 4.69) is 85.8 Å². The standard InChI is InChI=1S/C21H20/c1-17-19(16-15-18-9-4-2-5-10-18)13-8-14-21(17)20-11-6-3-7-12-20/h2-14H,15-16H2,1H3. The molecule has 0 saturated carbocycles. The third-order valence-electron chi connectivity index (χ3n) is 4.06. The Labute approximate surface area is 127 Å². The van der Waals surface area contributed by atoms with Crippen LogP contribution in [0.4, 0.5) is 0 Å². The second-order valence-corrected chi connectivity index (χ2v) is 5.44. The summed E-state index contributed by atoms with van der Waals surface area (Å²) in [5.41, 5.74) is 6.90. The van der Waals surface area contributed by atoms with Crippen LogP contribution in [0.15, 0.2) is 78.9 Å². The first kappa shape index (κ1) is 13.6. The Morgan fingerprint density at radius 3 is 2.00 bits per heavy atom. The van der Waals surface area contributed by atoms with E-state index in [1.165, 1.54) is 27.8 Å². The molecule has 0 aromatic heterocycles. The van der Waals surface area contributed by atoms with Gasteiger partial charge in [0.05, 0.1) is 0 Å². The van der Waals surface area contributed by atoms with Gasteiger partial charge in [-0.3, -0.25) is 0 Å². The third kappa shape index (κ3) is 3.22. The highest BCUT2D eigenvalue weighted by molar-refractivity contribution is 5.68. The summed E-state index contributed by atoms with van der Waals surface area (Å²) in [4.78, 5) is 0. The minimum atomic E-state index is 1.09. The van der Waals surface area contributed by atoms with Crippen molar-refractivity contribution in [3.05, 3.63) is 95.6 Å². The van der Waals surface area contributed by atoms with E-state index in [9.17, 15) is 0 Å². The van der Waals surface area contributed by atoms with E-state index in [-0.39, 0.29) is 0 Å². The second kappa shape index (κ2) is 6.41. The lowest BCUT2D eigenvalue weighted by Gasteiger charge is -2.12. The van der Waals surface area contributed by atoms with Gasteiger partial charge in [-0.05, 0) is 47.6 Å². The summed E-state index contributed by atoms with van der Waals surface area (Å²) in [5, 5.41) is 0. The summed E-state index contributed by atoms with van der Waals surface area (Å²) in [6, 6.07) is 28.0. The third-order valence-corrected chi connectivity index (χ3v) is 4.06. The van der Waals surface area contributed by atoms with Crippen LogP contribution >= 0.6 is 0 Å². The number of benzene rings is 3. The quantitative estimate of drug-likeness (QED) is 0.592. The molecule has 0 heteroatoms. The van der Waals surface area contributed by atoms with Crippen LogP contribution < -0.4 is 0 Å². The minimum absolute atomic E-state index is 1.09. The number of hydrogen-bond acceptors (Lipinski definition) is 0. The van der Waals surface area contributed by atoms with Crippen molar-refractivity contribution in [2.24, 2.45) is 0 Å². The first-order valence-electron chi connectivity index (χ1n) is 7.52. The maximum atomic E-state index is 2.25. The van der Waals surface area contributed by atoms with Gasteiger partial charge in [0.15, 0.2) is 0 Å². The summed E-state index contributed by atoms with van der Waals surface area (Å²) >= 11 is 0. The van der Waals surface area contributed by atoms with Gasteiger partial charge in [0, 0.05) is 0 Å². The van der Waals surface area contributed by atoms with Crippen molar-refractivity contribution < 1.29 is 0 Å². The van der Waals surface area contributed by atoms with Gasteiger partial charge in [-0.2, -0.15) is 0 Å². The number of aryl methyl sites for hydroxylation is 2. The number of hydrogen-bond donors (Lipinski definition) is 0. The monoisotopic (exact) mass is 272 g/mol. The zero-order chi connectivity index (χ0) is 14.5. The molecule has 0 amide bonds. The van der Waals surface area contributed by atoms with E-state index in [0.29, 0.717) is 0 Å². The second-order valence-electron chi connectivity index (χ2n) is 5.44. The molecule has 0 nitrogen and oxygen atoms in total. The summed E-state index contributed by atoms with van der Waals surface area (Å²) in [5.74, 6) is 0. The first-order valence-corrected chi connectivity index (χ1v) is 7.52. The van der Waals surface area contributed by atoms with Crippen molar-refractivity contribution in [1.82, 2.24) is 0 Å². The highest BCUT2D eigenvalue weighted by Crippen LogP contribution is 2.26. The fraction of sp³-hybridized carbons (Fsp3) is 0.143. The van der Waals surface area contributed by atoms with Crippen molar-refractivity contribution in [3.63, 3.8) is 0 Å². The van der Waals surface area contributed by atoms with Crippen LogP contribution in [0.3, 0.4) is 0 Å². The van der Waals surface area contributed by atoms with Crippen molar-refractivity contribution in [1.29, 1.82) is 0 Å². The Hall–Kier alpha value is -2.34. The molecule has 0 aliphatic rings. The van der Waals surface area contributed by atoms with Crippen LogP contribution in [0.2, 0.25) is 0 Å². The van der Waals surface area contributed by atoms with E-state index in [0.717, 1.165) is 12.8 Å². The van der Waals surface area contributed by atoms with Crippen LogP contribution in [-0.4, -0.2) is 0 Å². The van der Waals surface area contributed by atoms with Gasteiger partial charge >= 0.3 is 0 Å². The van der Waals surface area contributed by atoms with Crippen LogP contribution in [0.25, 0.3) is 11.1 Å². The fourth-order valence-corrected chi connectivity index (χ4v) is 2.81. The maximum absolute atomic E-state index is 2.25.